The van der Waals surface area contributed by atoms with Gasteiger partial charge in [0.05, 0.1) is 34.2 Å². The Morgan fingerprint density at radius 1 is 1.31 bits per heavy atom. The molecule has 1 saturated heterocycles. The molecule has 0 saturated carbocycles. The molecular weight excluding hydrogens is 374 g/mol. The van der Waals surface area contributed by atoms with E-state index in [2.05, 4.69) is 5.32 Å². The molecule has 0 atom stereocenters. The van der Waals surface area contributed by atoms with Gasteiger partial charge < -0.3 is 10.1 Å². The van der Waals surface area contributed by atoms with E-state index in [1.54, 1.807) is 31.2 Å². The Morgan fingerprint density at radius 2 is 2.00 bits per heavy atom. The highest BCUT2D eigenvalue weighted by Crippen LogP contribution is 2.29. The van der Waals surface area contributed by atoms with Crippen molar-refractivity contribution in [1.82, 2.24) is 4.31 Å². The molecule has 1 aliphatic rings. The molecule has 1 fully saturated rings. The molecule has 2 heterocycles. The molecule has 1 amide bonds. The third kappa shape index (κ3) is 3.64. The third-order valence-corrected chi connectivity index (χ3v) is 7.18. The summed E-state index contributed by atoms with van der Waals surface area (Å²) in [5.74, 6) is -0.441. The van der Waals surface area contributed by atoms with E-state index < -0.39 is 15.9 Å². The van der Waals surface area contributed by atoms with E-state index in [1.807, 2.05) is 6.07 Å². The largest absolute Gasteiger partial charge is 0.379 e. The minimum Gasteiger partial charge on any atom is -0.379 e. The summed E-state index contributed by atoms with van der Waals surface area (Å²) in [4.78, 5) is 13.5. The van der Waals surface area contributed by atoms with Gasteiger partial charge in [-0.25, -0.2) is 8.42 Å². The van der Waals surface area contributed by atoms with E-state index in [-0.39, 0.29) is 9.77 Å². The van der Waals surface area contributed by atoms with Crippen LogP contribution in [0.25, 0.3) is 0 Å². The number of carbonyl (C=O) groups is 1. The lowest BCUT2D eigenvalue weighted by Gasteiger charge is -2.25. The smallest absolute Gasteiger partial charge is 0.265 e. The second-order valence-electron chi connectivity index (χ2n) is 5.66. The fraction of sp³-hybridized carbons (Fsp3) is 0.294. The SMILES string of the molecule is Cc1sc(C(=O)Nc2ccccc2C#N)cc1S(=O)(=O)N1CCOCC1. The average molecular weight is 391 g/mol. The molecule has 1 aliphatic heterocycles. The van der Waals surface area contributed by atoms with Gasteiger partial charge in [-0.15, -0.1) is 11.3 Å². The van der Waals surface area contributed by atoms with Crippen LogP contribution in [0, 0.1) is 18.3 Å². The van der Waals surface area contributed by atoms with Crippen molar-refractivity contribution in [3.63, 3.8) is 0 Å². The standard InChI is InChI=1S/C17H17N3O4S2/c1-12-16(26(22,23)20-6-8-24-9-7-20)10-15(25-12)17(21)19-14-5-3-2-4-13(14)11-18/h2-5,10H,6-9H2,1H3,(H,19,21). The van der Waals surface area contributed by atoms with Crippen LogP contribution in [0.3, 0.4) is 0 Å². The Balaban J connectivity index is 1.86. The Labute approximate surface area is 155 Å². The van der Waals surface area contributed by atoms with E-state index in [9.17, 15) is 13.2 Å². The highest BCUT2D eigenvalue weighted by atomic mass is 32.2. The van der Waals surface area contributed by atoms with E-state index in [4.69, 9.17) is 10.00 Å². The second-order valence-corrected chi connectivity index (χ2v) is 8.82. The summed E-state index contributed by atoms with van der Waals surface area (Å²) in [5.41, 5.74) is 0.735. The van der Waals surface area contributed by atoms with Crippen molar-refractivity contribution in [2.75, 3.05) is 31.6 Å². The minimum absolute atomic E-state index is 0.142. The number of hydrogen-bond donors (Lipinski definition) is 1. The van der Waals surface area contributed by atoms with Crippen LogP contribution < -0.4 is 5.32 Å². The first-order chi connectivity index (χ1) is 12.4. The fourth-order valence-electron chi connectivity index (χ4n) is 2.63. The van der Waals surface area contributed by atoms with Crippen molar-refractivity contribution in [3.8, 4) is 6.07 Å². The summed E-state index contributed by atoms with van der Waals surface area (Å²) in [5, 5.41) is 11.8. The Hall–Kier alpha value is -2.25. The first-order valence-electron chi connectivity index (χ1n) is 7.92. The maximum Gasteiger partial charge on any atom is 0.265 e. The lowest BCUT2D eigenvalue weighted by molar-refractivity contribution is 0.0730. The molecule has 0 spiro atoms. The van der Waals surface area contributed by atoms with Gasteiger partial charge in [0.25, 0.3) is 5.91 Å². The van der Waals surface area contributed by atoms with Gasteiger partial charge >= 0.3 is 0 Å². The molecule has 1 aromatic heterocycles. The summed E-state index contributed by atoms with van der Waals surface area (Å²) >= 11 is 1.11. The molecule has 0 aliphatic carbocycles. The number of ether oxygens (including phenoxy) is 1. The molecule has 7 nitrogen and oxygen atoms in total. The Morgan fingerprint density at radius 3 is 2.69 bits per heavy atom. The number of morpholine rings is 1. The Bertz CT molecular complexity index is 970. The van der Waals surface area contributed by atoms with E-state index in [1.165, 1.54) is 10.4 Å². The Kier molecular flexibility index (Phi) is 5.38. The molecule has 26 heavy (non-hydrogen) atoms. The zero-order chi connectivity index (χ0) is 18.7. The maximum atomic E-state index is 12.8. The molecule has 0 bridgehead atoms. The predicted molar refractivity (Wildman–Crippen MR) is 97.7 cm³/mol. The molecule has 9 heteroatoms. The number of benzene rings is 1. The van der Waals surface area contributed by atoms with Gasteiger partial charge in [-0.1, -0.05) is 12.1 Å². The molecule has 136 valence electrons. The van der Waals surface area contributed by atoms with Gasteiger partial charge in [-0.2, -0.15) is 9.57 Å². The van der Waals surface area contributed by atoms with E-state index in [0.717, 1.165) is 11.3 Å². The highest BCUT2D eigenvalue weighted by Gasteiger charge is 2.30. The third-order valence-electron chi connectivity index (χ3n) is 3.98. The molecule has 0 unspecified atom stereocenters. The van der Waals surface area contributed by atoms with Crippen LogP contribution in [0.5, 0.6) is 0 Å². The van der Waals surface area contributed by atoms with Crippen molar-refractivity contribution in [1.29, 1.82) is 5.26 Å². The fourth-order valence-corrected chi connectivity index (χ4v) is 5.50. The van der Waals surface area contributed by atoms with Crippen LogP contribution in [0.1, 0.15) is 20.1 Å². The summed E-state index contributed by atoms with van der Waals surface area (Å²) < 4.78 is 32.2. The van der Waals surface area contributed by atoms with Gasteiger partial charge in [0, 0.05) is 18.0 Å². The van der Waals surface area contributed by atoms with Gasteiger partial charge in [0.2, 0.25) is 10.0 Å². The van der Waals surface area contributed by atoms with E-state index >= 15 is 0 Å². The number of para-hydroxylation sites is 1. The zero-order valence-electron chi connectivity index (χ0n) is 14.1. The van der Waals surface area contributed by atoms with Crippen molar-refractivity contribution in [3.05, 3.63) is 45.6 Å². The van der Waals surface area contributed by atoms with Crippen LogP contribution in [-0.2, 0) is 14.8 Å². The number of sulfonamides is 1. The van der Waals surface area contributed by atoms with Crippen LogP contribution in [0.2, 0.25) is 0 Å². The van der Waals surface area contributed by atoms with Gasteiger partial charge in [-0.05, 0) is 25.1 Å². The monoisotopic (exact) mass is 391 g/mol. The number of nitriles is 1. The molecule has 2 aromatic rings. The second kappa shape index (κ2) is 7.55. The summed E-state index contributed by atoms with van der Waals surface area (Å²) in [6, 6.07) is 10.1. The van der Waals surface area contributed by atoms with Crippen LogP contribution >= 0.6 is 11.3 Å². The van der Waals surface area contributed by atoms with Crippen molar-refractivity contribution < 1.29 is 17.9 Å². The topological polar surface area (TPSA) is 99.5 Å². The number of amides is 1. The number of thiophene rings is 1. The molecule has 1 N–H and O–H groups in total. The quantitative estimate of drug-likeness (QED) is 0.861. The number of hydrogen-bond acceptors (Lipinski definition) is 6. The van der Waals surface area contributed by atoms with Gasteiger partial charge in [-0.3, -0.25) is 4.79 Å². The molecule has 1 aromatic carbocycles. The van der Waals surface area contributed by atoms with Crippen LogP contribution in [-0.4, -0.2) is 44.9 Å². The van der Waals surface area contributed by atoms with Gasteiger partial charge in [0.15, 0.2) is 0 Å². The number of carbonyl (C=O) groups excluding carboxylic acids is 1. The first-order valence-corrected chi connectivity index (χ1v) is 10.2. The minimum atomic E-state index is -3.66. The molecular formula is C17H17N3O4S2. The lowest BCUT2D eigenvalue weighted by atomic mass is 10.2. The lowest BCUT2D eigenvalue weighted by Crippen LogP contribution is -2.40. The van der Waals surface area contributed by atoms with Crippen LogP contribution in [0.15, 0.2) is 35.2 Å². The zero-order valence-corrected chi connectivity index (χ0v) is 15.7. The molecule has 3 rings (SSSR count). The first kappa shape index (κ1) is 18.5. The van der Waals surface area contributed by atoms with Gasteiger partial charge in [0.1, 0.15) is 6.07 Å². The van der Waals surface area contributed by atoms with E-state index in [0.29, 0.717) is 42.4 Å². The summed E-state index contributed by atoms with van der Waals surface area (Å²) in [6.07, 6.45) is 0. The number of aryl methyl sites for hydroxylation is 1. The highest BCUT2D eigenvalue weighted by molar-refractivity contribution is 7.89. The maximum absolute atomic E-state index is 12.8. The van der Waals surface area contributed by atoms with Crippen molar-refractivity contribution in [2.24, 2.45) is 0 Å². The van der Waals surface area contributed by atoms with Crippen LogP contribution in [0.4, 0.5) is 5.69 Å². The number of nitrogens with one attached hydrogen (secondary N) is 1. The average Bonchev–Trinajstić information content (AvgIpc) is 3.05. The van der Waals surface area contributed by atoms with Crippen molar-refractivity contribution >= 4 is 33.0 Å². The summed E-state index contributed by atoms with van der Waals surface area (Å²) in [7, 11) is -3.66. The number of anilines is 1. The number of nitrogens with zero attached hydrogens (tertiary/aromatic N) is 2. The summed E-state index contributed by atoms with van der Waals surface area (Å²) in [6.45, 7) is 3.00. The predicted octanol–water partition coefficient (Wildman–Crippen LogP) is 2.20. The normalized spacial score (nSPS) is 15.4. The number of rotatable bonds is 4. The van der Waals surface area contributed by atoms with Crippen molar-refractivity contribution in [2.45, 2.75) is 11.8 Å². The molecule has 0 radical (unpaired) electrons.